The van der Waals surface area contributed by atoms with Gasteiger partial charge in [-0.05, 0) is 30.7 Å². The molecule has 2 nitrogen and oxygen atoms in total. The van der Waals surface area contributed by atoms with Gasteiger partial charge >= 0.3 is 0 Å². The molecule has 0 unspecified atom stereocenters. The number of hydrogen-bond acceptors (Lipinski definition) is 1. The Morgan fingerprint density at radius 1 is 1.10 bits per heavy atom. The first kappa shape index (κ1) is 12.9. The number of aromatic nitrogens is 1. The van der Waals surface area contributed by atoms with Crippen molar-refractivity contribution in [2.24, 2.45) is 5.73 Å². The molecule has 0 radical (unpaired) electrons. The van der Waals surface area contributed by atoms with Crippen LogP contribution in [-0.2, 0) is 13.1 Å². The molecule has 0 bridgehead atoms. The summed E-state index contributed by atoms with van der Waals surface area (Å²) in [6, 6.07) is 14.9. The van der Waals surface area contributed by atoms with E-state index in [0.29, 0.717) is 6.54 Å². The minimum absolute atomic E-state index is 0.224. The summed E-state index contributed by atoms with van der Waals surface area (Å²) < 4.78 is 15.7. The molecule has 0 fully saturated rings. The second-order valence-corrected chi connectivity index (χ2v) is 4.80. The van der Waals surface area contributed by atoms with Gasteiger partial charge < -0.3 is 10.3 Å². The quantitative estimate of drug-likeness (QED) is 0.766. The second-order valence-electron chi connectivity index (χ2n) is 4.80. The fourth-order valence-electron chi connectivity index (χ4n) is 2.88. The van der Waals surface area contributed by atoms with Crippen LogP contribution in [0, 0.1) is 5.82 Å². The van der Waals surface area contributed by atoms with Crippen LogP contribution in [0.4, 0.5) is 4.39 Å². The summed E-state index contributed by atoms with van der Waals surface area (Å²) in [5.41, 5.74) is 10.1. The van der Waals surface area contributed by atoms with E-state index in [0.717, 1.165) is 34.3 Å². The summed E-state index contributed by atoms with van der Waals surface area (Å²) in [6.45, 7) is 3.36. The lowest BCUT2D eigenvalue weighted by molar-refractivity contribution is 0.628. The maximum Gasteiger partial charge on any atom is 0.123 e. The van der Waals surface area contributed by atoms with E-state index in [4.69, 9.17) is 5.73 Å². The van der Waals surface area contributed by atoms with Gasteiger partial charge in [-0.15, -0.1) is 0 Å². The van der Waals surface area contributed by atoms with Crippen LogP contribution in [0.25, 0.3) is 22.2 Å². The number of nitrogens with zero attached hydrogens (tertiary/aromatic N) is 1. The highest BCUT2D eigenvalue weighted by molar-refractivity contribution is 5.91. The molecule has 2 N–H and O–H groups in total. The van der Waals surface area contributed by atoms with Gasteiger partial charge in [-0.1, -0.05) is 30.3 Å². The van der Waals surface area contributed by atoms with E-state index in [2.05, 4.69) is 23.6 Å². The van der Waals surface area contributed by atoms with E-state index in [-0.39, 0.29) is 5.82 Å². The van der Waals surface area contributed by atoms with Crippen LogP contribution in [0.2, 0.25) is 0 Å². The second kappa shape index (κ2) is 5.10. The molecule has 1 heterocycles. The third-order valence-corrected chi connectivity index (χ3v) is 3.69. The topological polar surface area (TPSA) is 30.9 Å². The molecule has 0 saturated heterocycles. The van der Waals surface area contributed by atoms with Gasteiger partial charge in [-0.25, -0.2) is 4.39 Å². The standard InChI is InChI=1S/C17H17FN2/c1-2-20-16-9-4-3-8-14(16)15(11-19)17(20)12-6-5-7-13(18)10-12/h3-10H,2,11,19H2,1H3. The molecule has 3 heteroatoms. The zero-order valence-electron chi connectivity index (χ0n) is 11.4. The van der Waals surface area contributed by atoms with Crippen LogP contribution < -0.4 is 5.73 Å². The van der Waals surface area contributed by atoms with Gasteiger partial charge in [0.15, 0.2) is 0 Å². The van der Waals surface area contributed by atoms with Crippen LogP contribution >= 0.6 is 0 Å². The molecule has 0 saturated carbocycles. The highest BCUT2D eigenvalue weighted by atomic mass is 19.1. The van der Waals surface area contributed by atoms with Crippen LogP contribution in [0.1, 0.15) is 12.5 Å². The first-order valence-corrected chi connectivity index (χ1v) is 6.82. The molecule has 3 aromatic rings. The van der Waals surface area contributed by atoms with Crippen molar-refractivity contribution in [2.75, 3.05) is 0 Å². The normalized spacial score (nSPS) is 11.2. The van der Waals surface area contributed by atoms with E-state index < -0.39 is 0 Å². The Kier molecular flexibility index (Phi) is 3.28. The number of rotatable bonds is 3. The number of para-hydroxylation sites is 1. The van der Waals surface area contributed by atoms with E-state index >= 15 is 0 Å². The van der Waals surface area contributed by atoms with Crippen molar-refractivity contribution >= 4 is 10.9 Å². The monoisotopic (exact) mass is 268 g/mol. The molecule has 3 rings (SSSR count). The molecule has 0 spiro atoms. The third-order valence-electron chi connectivity index (χ3n) is 3.69. The summed E-state index contributed by atoms with van der Waals surface area (Å²) >= 11 is 0. The number of benzene rings is 2. The number of nitrogens with two attached hydrogens (primary N) is 1. The van der Waals surface area contributed by atoms with Crippen molar-refractivity contribution in [3.05, 3.63) is 59.9 Å². The predicted octanol–water partition coefficient (Wildman–Crippen LogP) is 3.93. The minimum atomic E-state index is -0.224. The van der Waals surface area contributed by atoms with Crippen molar-refractivity contribution in [1.29, 1.82) is 0 Å². The maximum atomic E-state index is 13.5. The van der Waals surface area contributed by atoms with E-state index in [1.807, 2.05) is 18.2 Å². The van der Waals surface area contributed by atoms with E-state index in [1.165, 1.54) is 6.07 Å². The smallest absolute Gasteiger partial charge is 0.123 e. The molecule has 2 aromatic carbocycles. The van der Waals surface area contributed by atoms with E-state index in [1.54, 1.807) is 12.1 Å². The molecule has 0 amide bonds. The van der Waals surface area contributed by atoms with Crippen molar-refractivity contribution in [2.45, 2.75) is 20.0 Å². The van der Waals surface area contributed by atoms with Gasteiger partial charge in [0.05, 0.1) is 5.69 Å². The zero-order valence-corrected chi connectivity index (χ0v) is 11.4. The minimum Gasteiger partial charge on any atom is -0.340 e. The van der Waals surface area contributed by atoms with Gasteiger partial charge in [-0.3, -0.25) is 0 Å². The van der Waals surface area contributed by atoms with Gasteiger partial charge in [0.2, 0.25) is 0 Å². The van der Waals surface area contributed by atoms with Gasteiger partial charge in [0.25, 0.3) is 0 Å². The Bertz CT molecular complexity index is 718. The number of fused-ring (bicyclic) bond motifs is 1. The fourth-order valence-corrected chi connectivity index (χ4v) is 2.88. The Hall–Kier alpha value is -2.13. The van der Waals surface area contributed by atoms with Gasteiger partial charge in [-0.2, -0.15) is 0 Å². The summed E-state index contributed by atoms with van der Waals surface area (Å²) in [5.74, 6) is -0.224. The molecule has 102 valence electrons. The zero-order chi connectivity index (χ0) is 14.1. The van der Waals surface area contributed by atoms with Crippen LogP contribution in [0.5, 0.6) is 0 Å². The third kappa shape index (κ3) is 1.91. The number of hydrogen-bond donors (Lipinski definition) is 1. The first-order valence-electron chi connectivity index (χ1n) is 6.82. The maximum absolute atomic E-state index is 13.5. The number of aryl methyl sites for hydroxylation is 1. The van der Waals surface area contributed by atoms with Gasteiger partial charge in [0.1, 0.15) is 5.82 Å². The Labute approximate surface area is 117 Å². The Morgan fingerprint density at radius 2 is 1.90 bits per heavy atom. The molecule has 0 aliphatic rings. The van der Waals surface area contributed by atoms with Crippen molar-refractivity contribution in [1.82, 2.24) is 4.57 Å². The van der Waals surface area contributed by atoms with Crippen molar-refractivity contribution in [3.63, 3.8) is 0 Å². The average Bonchev–Trinajstić information content (AvgIpc) is 2.80. The largest absolute Gasteiger partial charge is 0.340 e. The Morgan fingerprint density at radius 3 is 2.60 bits per heavy atom. The molecule has 0 aliphatic carbocycles. The van der Waals surface area contributed by atoms with Gasteiger partial charge in [0, 0.05) is 29.6 Å². The molecular formula is C17H17FN2. The first-order chi connectivity index (χ1) is 9.76. The predicted molar refractivity (Wildman–Crippen MR) is 80.9 cm³/mol. The molecule has 1 aromatic heterocycles. The van der Waals surface area contributed by atoms with Crippen molar-refractivity contribution in [3.8, 4) is 11.3 Å². The summed E-state index contributed by atoms with van der Waals surface area (Å²) in [4.78, 5) is 0. The van der Waals surface area contributed by atoms with Crippen LogP contribution in [0.3, 0.4) is 0 Å². The SMILES string of the molecule is CCn1c(-c2cccc(F)c2)c(CN)c2ccccc21. The van der Waals surface area contributed by atoms with Crippen LogP contribution in [-0.4, -0.2) is 4.57 Å². The summed E-state index contributed by atoms with van der Waals surface area (Å²) in [6.07, 6.45) is 0. The molecule has 20 heavy (non-hydrogen) atoms. The highest BCUT2D eigenvalue weighted by Gasteiger charge is 2.16. The lowest BCUT2D eigenvalue weighted by Gasteiger charge is -2.10. The van der Waals surface area contributed by atoms with E-state index in [9.17, 15) is 4.39 Å². The fraction of sp³-hybridized carbons (Fsp3) is 0.176. The summed E-state index contributed by atoms with van der Waals surface area (Å²) in [7, 11) is 0. The molecule has 0 aliphatic heterocycles. The lowest BCUT2D eigenvalue weighted by Crippen LogP contribution is -2.02. The lowest BCUT2D eigenvalue weighted by atomic mass is 10.1. The average molecular weight is 268 g/mol. The molecular weight excluding hydrogens is 251 g/mol. The Balaban J connectivity index is 2.39. The van der Waals surface area contributed by atoms with Crippen LogP contribution in [0.15, 0.2) is 48.5 Å². The van der Waals surface area contributed by atoms with Crippen molar-refractivity contribution < 1.29 is 4.39 Å². The highest BCUT2D eigenvalue weighted by Crippen LogP contribution is 2.33. The summed E-state index contributed by atoms with van der Waals surface area (Å²) in [5, 5.41) is 1.15. The molecule has 0 atom stereocenters. The number of halogens is 1.